The summed E-state index contributed by atoms with van der Waals surface area (Å²) in [5, 5.41) is 10.0. The van der Waals surface area contributed by atoms with Gasteiger partial charge in [0.05, 0.1) is 23.7 Å². The van der Waals surface area contributed by atoms with Crippen molar-refractivity contribution in [2.75, 3.05) is 13.7 Å². The molecule has 1 heterocycles. The second-order valence-electron chi connectivity index (χ2n) is 5.74. The van der Waals surface area contributed by atoms with E-state index < -0.39 is 5.97 Å². The molecule has 1 N–H and O–H groups in total. The summed E-state index contributed by atoms with van der Waals surface area (Å²) in [6.45, 7) is 4.01. The highest BCUT2D eigenvalue weighted by molar-refractivity contribution is 7.19. The summed E-state index contributed by atoms with van der Waals surface area (Å²) in [5.41, 5.74) is 2.32. The number of ether oxygens (including phenoxy) is 2. The number of hydrogen-bond donors (Lipinski definition) is 1. The molecule has 0 saturated carbocycles. The Hall–Kier alpha value is -3.12. The summed E-state index contributed by atoms with van der Waals surface area (Å²) >= 11 is 1.48. The van der Waals surface area contributed by atoms with E-state index in [1.54, 1.807) is 19.3 Å². The van der Waals surface area contributed by atoms with E-state index in [0.29, 0.717) is 28.7 Å². The minimum absolute atomic E-state index is 0.114. The third-order valence-electron chi connectivity index (χ3n) is 3.80. The SMILES string of the molecule is C=CCOc1ccc(/C=C(\CC(=O)O)c2nc3ccccc3s2)cc1OC. The standard InChI is InChI=1S/C21H19NO4S/c1-3-10-26-17-9-8-14(12-18(17)25-2)11-15(13-20(23)24)21-22-16-6-4-5-7-19(16)27-21/h3-9,11-12H,1,10,13H2,2H3,(H,23,24)/b15-11+. The van der Waals surface area contributed by atoms with Crippen LogP contribution in [0.3, 0.4) is 0 Å². The summed E-state index contributed by atoms with van der Waals surface area (Å²) in [6.07, 6.45) is 3.37. The predicted molar refractivity (Wildman–Crippen MR) is 108 cm³/mol. The largest absolute Gasteiger partial charge is 0.493 e. The van der Waals surface area contributed by atoms with E-state index in [1.165, 1.54) is 11.3 Å². The molecule has 0 aliphatic carbocycles. The van der Waals surface area contributed by atoms with Gasteiger partial charge in [-0.3, -0.25) is 4.79 Å². The summed E-state index contributed by atoms with van der Waals surface area (Å²) in [6, 6.07) is 13.2. The number of carbonyl (C=O) groups is 1. The monoisotopic (exact) mass is 381 g/mol. The van der Waals surface area contributed by atoms with Crippen molar-refractivity contribution in [2.24, 2.45) is 0 Å². The van der Waals surface area contributed by atoms with E-state index >= 15 is 0 Å². The molecule has 0 radical (unpaired) electrons. The van der Waals surface area contributed by atoms with Gasteiger partial charge in [0.15, 0.2) is 11.5 Å². The normalized spacial score (nSPS) is 11.4. The van der Waals surface area contributed by atoms with E-state index in [0.717, 1.165) is 15.8 Å². The average molecular weight is 381 g/mol. The van der Waals surface area contributed by atoms with Gasteiger partial charge >= 0.3 is 5.97 Å². The number of hydrogen-bond acceptors (Lipinski definition) is 5. The maximum atomic E-state index is 11.4. The molecule has 3 aromatic rings. The molecule has 0 aliphatic heterocycles. The lowest BCUT2D eigenvalue weighted by atomic mass is 10.1. The van der Waals surface area contributed by atoms with Gasteiger partial charge in [-0.1, -0.05) is 30.9 Å². The topological polar surface area (TPSA) is 68.7 Å². The van der Waals surface area contributed by atoms with Gasteiger partial charge in [0.1, 0.15) is 11.6 Å². The van der Waals surface area contributed by atoms with Crippen molar-refractivity contribution < 1.29 is 19.4 Å². The summed E-state index contributed by atoms with van der Waals surface area (Å²) in [5.74, 6) is 0.275. The molecule has 0 unspecified atom stereocenters. The van der Waals surface area contributed by atoms with E-state index in [-0.39, 0.29) is 6.42 Å². The number of rotatable bonds is 8. The lowest BCUT2D eigenvalue weighted by Crippen LogP contribution is -1.98. The molecule has 0 spiro atoms. The molecule has 0 saturated heterocycles. The van der Waals surface area contributed by atoms with Crippen LogP contribution in [0.2, 0.25) is 0 Å². The van der Waals surface area contributed by atoms with Crippen molar-refractivity contribution in [1.82, 2.24) is 4.98 Å². The third-order valence-corrected chi connectivity index (χ3v) is 4.91. The number of carboxylic acids is 1. The number of benzene rings is 2. The summed E-state index contributed by atoms with van der Waals surface area (Å²) < 4.78 is 12.0. The lowest BCUT2D eigenvalue weighted by molar-refractivity contribution is -0.135. The number of methoxy groups -OCH3 is 1. The van der Waals surface area contributed by atoms with Gasteiger partial charge in [0, 0.05) is 0 Å². The maximum Gasteiger partial charge on any atom is 0.307 e. The number of aliphatic carboxylic acids is 1. The first-order chi connectivity index (χ1) is 13.1. The van der Waals surface area contributed by atoms with Crippen LogP contribution in [0, 0.1) is 0 Å². The fourth-order valence-electron chi connectivity index (χ4n) is 2.60. The van der Waals surface area contributed by atoms with Crippen molar-refractivity contribution in [2.45, 2.75) is 6.42 Å². The molecular weight excluding hydrogens is 362 g/mol. The molecule has 3 rings (SSSR count). The van der Waals surface area contributed by atoms with Gasteiger partial charge in [-0.25, -0.2) is 4.98 Å². The minimum Gasteiger partial charge on any atom is -0.493 e. The molecule has 0 amide bonds. The van der Waals surface area contributed by atoms with Crippen LogP contribution in [0.4, 0.5) is 0 Å². The van der Waals surface area contributed by atoms with E-state index in [1.807, 2.05) is 42.5 Å². The highest BCUT2D eigenvalue weighted by atomic mass is 32.1. The summed E-state index contributed by atoms with van der Waals surface area (Å²) in [7, 11) is 1.56. The number of thiazole rings is 1. The Labute approximate surface area is 161 Å². The maximum absolute atomic E-state index is 11.4. The molecule has 2 aromatic carbocycles. The number of para-hydroxylation sites is 1. The second kappa shape index (κ2) is 8.51. The second-order valence-corrected chi connectivity index (χ2v) is 6.77. The zero-order valence-electron chi connectivity index (χ0n) is 14.8. The van der Waals surface area contributed by atoms with Crippen LogP contribution in [-0.4, -0.2) is 29.8 Å². The van der Waals surface area contributed by atoms with Crippen LogP contribution in [0.15, 0.2) is 55.1 Å². The third kappa shape index (κ3) is 4.54. The quantitative estimate of drug-likeness (QED) is 0.563. The number of aromatic nitrogens is 1. The minimum atomic E-state index is -0.904. The Kier molecular flexibility index (Phi) is 5.88. The molecule has 138 valence electrons. The molecular formula is C21H19NO4S. The first kappa shape index (κ1) is 18.7. The molecule has 0 aliphatic rings. The van der Waals surface area contributed by atoms with Crippen LogP contribution < -0.4 is 9.47 Å². The van der Waals surface area contributed by atoms with Gasteiger partial charge in [0.25, 0.3) is 0 Å². The highest BCUT2D eigenvalue weighted by Gasteiger charge is 2.13. The van der Waals surface area contributed by atoms with Crippen LogP contribution in [0.5, 0.6) is 11.5 Å². The predicted octanol–water partition coefficient (Wildman–Crippen LogP) is 4.89. The van der Waals surface area contributed by atoms with Crippen LogP contribution in [0.25, 0.3) is 21.9 Å². The van der Waals surface area contributed by atoms with Gasteiger partial charge < -0.3 is 14.6 Å². The van der Waals surface area contributed by atoms with Gasteiger partial charge in [-0.2, -0.15) is 0 Å². The first-order valence-corrected chi connectivity index (χ1v) is 9.12. The molecule has 0 bridgehead atoms. The van der Waals surface area contributed by atoms with Crippen molar-refractivity contribution in [3.05, 3.63) is 65.7 Å². The van der Waals surface area contributed by atoms with Gasteiger partial charge in [0.2, 0.25) is 0 Å². The average Bonchev–Trinajstić information content (AvgIpc) is 3.10. The smallest absolute Gasteiger partial charge is 0.307 e. The van der Waals surface area contributed by atoms with Crippen molar-refractivity contribution in [3.8, 4) is 11.5 Å². The highest BCUT2D eigenvalue weighted by Crippen LogP contribution is 2.33. The Morgan fingerprint density at radius 1 is 1.26 bits per heavy atom. The number of carboxylic acid groups (broad SMARTS) is 1. The lowest BCUT2D eigenvalue weighted by Gasteiger charge is -2.10. The van der Waals surface area contributed by atoms with Crippen molar-refractivity contribution in [1.29, 1.82) is 0 Å². The Morgan fingerprint density at radius 3 is 2.78 bits per heavy atom. The molecule has 6 heteroatoms. The number of nitrogens with zero attached hydrogens (tertiary/aromatic N) is 1. The van der Waals surface area contributed by atoms with Crippen molar-refractivity contribution in [3.63, 3.8) is 0 Å². The fraction of sp³-hybridized carbons (Fsp3) is 0.143. The van der Waals surface area contributed by atoms with Gasteiger partial charge in [-0.05, 0) is 41.5 Å². The Bertz CT molecular complexity index is 973. The van der Waals surface area contributed by atoms with Gasteiger partial charge in [-0.15, -0.1) is 11.3 Å². The van der Waals surface area contributed by atoms with E-state index in [9.17, 15) is 9.90 Å². The Morgan fingerprint density at radius 2 is 2.07 bits per heavy atom. The molecule has 5 nitrogen and oxygen atoms in total. The van der Waals surface area contributed by atoms with Crippen LogP contribution >= 0.6 is 11.3 Å². The first-order valence-electron chi connectivity index (χ1n) is 8.30. The van der Waals surface area contributed by atoms with Crippen LogP contribution in [-0.2, 0) is 4.79 Å². The molecule has 0 atom stereocenters. The van der Waals surface area contributed by atoms with E-state index in [4.69, 9.17) is 9.47 Å². The fourth-order valence-corrected chi connectivity index (χ4v) is 3.58. The zero-order valence-corrected chi connectivity index (χ0v) is 15.7. The van der Waals surface area contributed by atoms with Crippen LogP contribution in [0.1, 0.15) is 17.0 Å². The summed E-state index contributed by atoms with van der Waals surface area (Å²) in [4.78, 5) is 15.9. The molecule has 0 fully saturated rings. The molecule has 1 aromatic heterocycles. The number of fused-ring (bicyclic) bond motifs is 1. The molecule has 27 heavy (non-hydrogen) atoms. The zero-order chi connectivity index (χ0) is 19.2. The van der Waals surface area contributed by atoms with Crippen molar-refractivity contribution >= 4 is 39.2 Å². The Balaban J connectivity index is 2.00. The van der Waals surface area contributed by atoms with E-state index in [2.05, 4.69) is 11.6 Å².